The monoisotopic (exact) mass is 455 g/mol. The first kappa shape index (κ1) is 28.3. The third-order valence-corrected chi connectivity index (χ3v) is 6.74. The van der Waals surface area contributed by atoms with E-state index in [0.29, 0.717) is 11.8 Å². The first-order chi connectivity index (χ1) is 15.6. The highest BCUT2D eigenvalue weighted by Crippen LogP contribution is 2.46. The normalized spacial score (nSPS) is 17.3. The molecule has 0 saturated carbocycles. The maximum Gasteiger partial charge on any atom is 0.220 e. The molecule has 1 fully saturated rings. The highest BCUT2D eigenvalue weighted by Gasteiger charge is 2.38. The van der Waals surface area contributed by atoms with E-state index < -0.39 is 0 Å². The van der Waals surface area contributed by atoms with Crippen molar-refractivity contribution >= 4 is 17.7 Å². The third-order valence-electron chi connectivity index (χ3n) is 5.43. The molecule has 1 saturated heterocycles. The first-order valence-electron chi connectivity index (χ1n) is 12.3. The standard InChI is InChI=1S/C29H45NOS/c1-4-5-6-7-8-9-10-11-12-13-14-15-16-17-18-19-20-21-22-23-28(31)30-25-24-29(2,3)27-26-32-27/h5-6,8-9,11-12,14-15,17-18,20-21,27H,4,7,10,13,16,19,22-26H2,1-3H3,(H,30,31)/b6-5-,9-8-,12-11-,15-14-,18-17-,21-20-. The quantitative estimate of drug-likeness (QED) is 0.167. The molecule has 1 aliphatic rings. The average Bonchev–Trinajstić information content (AvgIpc) is 3.61. The van der Waals surface area contributed by atoms with E-state index in [-0.39, 0.29) is 5.91 Å². The van der Waals surface area contributed by atoms with Crippen LogP contribution in [-0.4, -0.2) is 23.5 Å². The van der Waals surface area contributed by atoms with E-state index in [1.165, 1.54) is 5.75 Å². The van der Waals surface area contributed by atoms with Gasteiger partial charge in [-0.25, -0.2) is 0 Å². The number of hydrogen-bond donors (Lipinski definition) is 1. The minimum atomic E-state index is 0.170. The van der Waals surface area contributed by atoms with E-state index in [9.17, 15) is 4.79 Å². The molecule has 1 atom stereocenters. The summed E-state index contributed by atoms with van der Waals surface area (Å²) in [6.45, 7) is 7.57. The van der Waals surface area contributed by atoms with Gasteiger partial charge in [0.1, 0.15) is 0 Å². The van der Waals surface area contributed by atoms with Gasteiger partial charge in [-0.15, -0.1) is 0 Å². The molecule has 2 nitrogen and oxygen atoms in total. The fourth-order valence-corrected chi connectivity index (χ4v) is 4.24. The summed E-state index contributed by atoms with van der Waals surface area (Å²) in [5, 5.41) is 3.86. The van der Waals surface area contributed by atoms with Crippen LogP contribution >= 0.6 is 11.8 Å². The first-order valence-corrected chi connectivity index (χ1v) is 13.4. The maximum absolute atomic E-state index is 11.9. The van der Waals surface area contributed by atoms with Gasteiger partial charge >= 0.3 is 0 Å². The number of hydrogen-bond acceptors (Lipinski definition) is 2. The Hall–Kier alpha value is -1.74. The Labute approximate surface area is 202 Å². The summed E-state index contributed by atoms with van der Waals surface area (Å²) in [6.07, 6.45) is 34.9. The Balaban J connectivity index is 1.94. The number of thioether (sulfide) groups is 1. The van der Waals surface area contributed by atoms with Gasteiger partial charge in [0, 0.05) is 24.0 Å². The van der Waals surface area contributed by atoms with Crippen molar-refractivity contribution in [2.75, 3.05) is 12.3 Å². The smallest absolute Gasteiger partial charge is 0.220 e. The molecule has 0 radical (unpaired) electrons. The van der Waals surface area contributed by atoms with Crippen LogP contribution in [-0.2, 0) is 4.79 Å². The van der Waals surface area contributed by atoms with Crippen LogP contribution in [0.5, 0.6) is 0 Å². The molecule has 1 N–H and O–H groups in total. The van der Waals surface area contributed by atoms with E-state index in [1.54, 1.807) is 0 Å². The van der Waals surface area contributed by atoms with E-state index in [4.69, 9.17) is 0 Å². The SMILES string of the molecule is CC/C=C\C/C=C\C/C=C\C/C=C\C/C=C\C/C=C\CCC(=O)NCCC(C)(C)C1CS1. The minimum Gasteiger partial charge on any atom is -0.356 e. The largest absolute Gasteiger partial charge is 0.356 e. The van der Waals surface area contributed by atoms with Gasteiger partial charge < -0.3 is 5.32 Å². The summed E-state index contributed by atoms with van der Waals surface area (Å²) in [6, 6.07) is 0. The molecule has 1 rings (SSSR count). The summed E-state index contributed by atoms with van der Waals surface area (Å²) >= 11 is 2.03. The number of nitrogens with one attached hydrogen (secondary N) is 1. The number of rotatable bonds is 18. The second-order valence-corrected chi connectivity index (χ2v) is 10.1. The van der Waals surface area contributed by atoms with Gasteiger partial charge in [-0.1, -0.05) is 93.7 Å². The molecule has 178 valence electrons. The number of amides is 1. The van der Waals surface area contributed by atoms with Crippen LogP contribution in [0.4, 0.5) is 0 Å². The van der Waals surface area contributed by atoms with Crippen molar-refractivity contribution in [3.8, 4) is 0 Å². The topological polar surface area (TPSA) is 29.1 Å². The van der Waals surface area contributed by atoms with Gasteiger partial charge in [-0.2, -0.15) is 11.8 Å². The van der Waals surface area contributed by atoms with E-state index >= 15 is 0 Å². The lowest BCUT2D eigenvalue weighted by molar-refractivity contribution is -0.121. The van der Waals surface area contributed by atoms with Crippen molar-refractivity contribution in [3.63, 3.8) is 0 Å². The Bertz CT molecular complexity index is 663. The lowest BCUT2D eigenvalue weighted by atomic mass is 9.86. The zero-order valence-corrected chi connectivity index (χ0v) is 21.4. The molecule has 1 amide bonds. The van der Waals surface area contributed by atoms with Gasteiger partial charge in [0.25, 0.3) is 0 Å². The zero-order valence-electron chi connectivity index (χ0n) is 20.6. The van der Waals surface area contributed by atoms with Crippen molar-refractivity contribution in [2.45, 2.75) is 83.8 Å². The van der Waals surface area contributed by atoms with Crippen LogP contribution in [0.1, 0.15) is 78.6 Å². The van der Waals surface area contributed by atoms with Crippen LogP contribution < -0.4 is 5.32 Å². The molecule has 1 unspecified atom stereocenters. The third kappa shape index (κ3) is 16.9. The van der Waals surface area contributed by atoms with Crippen LogP contribution in [0.3, 0.4) is 0 Å². The molecule has 3 heteroatoms. The lowest BCUT2D eigenvalue weighted by Crippen LogP contribution is -2.29. The molecule has 1 aliphatic heterocycles. The molecule has 0 aromatic heterocycles. The van der Waals surface area contributed by atoms with Gasteiger partial charge in [-0.05, 0) is 56.8 Å². The highest BCUT2D eigenvalue weighted by atomic mass is 32.2. The van der Waals surface area contributed by atoms with Crippen LogP contribution in [0.2, 0.25) is 0 Å². The van der Waals surface area contributed by atoms with Crippen LogP contribution in [0, 0.1) is 5.41 Å². The number of carbonyl (C=O) groups excluding carboxylic acids is 1. The van der Waals surface area contributed by atoms with Crippen molar-refractivity contribution in [1.29, 1.82) is 0 Å². The fraction of sp³-hybridized carbons (Fsp3) is 0.552. The fourth-order valence-electron chi connectivity index (χ4n) is 3.13. The predicted molar refractivity (Wildman–Crippen MR) is 145 cm³/mol. The Morgan fingerprint density at radius 3 is 1.69 bits per heavy atom. The number of allylic oxidation sites excluding steroid dienone is 12. The lowest BCUT2D eigenvalue weighted by Gasteiger charge is -2.23. The van der Waals surface area contributed by atoms with Gasteiger partial charge in [0.2, 0.25) is 5.91 Å². The second kappa shape index (κ2) is 18.8. The maximum atomic E-state index is 11.9. The summed E-state index contributed by atoms with van der Waals surface area (Å²) in [5.74, 6) is 1.45. The van der Waals surface area contributed by atoms with Crippen molar-refractivity contribution in [3.05, 3.63) is 72.9 Å². The second-order valence-electron chi connectivity index (χ2n) is 8.86. The summed E-state index contributed by atoms with van der Waals surface area (Å²) in [5.41, 5.74) is 0.346. The Morgan fingerprint density at radius 1 is 0.812 bits per heavy atom. The van der Waals surface area contributed by atoms with Gasteiger partial charge in [0.15, 0.2) is 0 Å². The Morgan fingerprint density at radius 2 is 1.25 bits per heavy atom. The molecule has 0 aromatic rings. The molecule has 0 aliphatic carbocycles. The van der Waals surface area contributed by atoms with Crippen molar-refractivity contribution < 1.29 is 4.79 Å². The predicted octanol–water partition coefficient (Wildman–Crippen LogP) is 8.11. The zero-order chi connectivity index (χ0) is 23.3. The van der Waals surface area contributed by atoms with E-state index in [2.05, 4.69) is 99.0 Å². The van der Waals surface area contributed by atoms with Crippen molar-refractivity contribution in [2.24, 2.45) is 5.41 Å². The van der Waals surface area contributed by atoms with E-state index in [0.717, 1.165) is 63.2 Å². The molecule has 1 heterocycles. The molecule has 0 aromatic carbocycles. The van der Waals surface area contributed by atoms with Crippen LogP contribution in [0.15, 0.2) is 72.9 Å². The molecular weight excluding hydrogens is 410 g/mol. The molecule has 0 spiro atoms. The summed E-state index contributed by atoms with van der Waals surface area (Å²) in [4.78, 5) is 11.9. The van der Waals surface area contributed by atoms with Crippen molar-refractivity contribution in [1.82, 2.24) is 5.32 Å². The summed E-state index contributed by atoms with van der Waals surface area (Å²) < 4.78 is 0. The molecular formula is C29H45NOS. The highest BCUT2D eigenvalue weighted by molar-refractivity contribution is 8.06. The average molecular weight is 456 g/mol. The van der Waals surface area contributed by atoms with Crippen LogP contribution in [0.25, 0.3) is 0 Å². The number of carbonyl (C=O) groups is 1. The summed E-state index contributed by atoms with van der Waals surface area (Å²) in [7, 11) is 0. The van der Waals surface area contributed by atoms with Gasteiger partial charge in [-0.3, -0.25) is 4.79 Å². The Kier molecular flexibility index (Phi) is 16.6. The van der Waals surface area contributed by atoms with E-state index in [1.807, 2.05) is 11.8 Å². The van der Waals surface area contributed by atoms with Gasteiger partial charge in [0.05, 0.1) is 0 Å². The molecule has 32 heavy (non-hydrogen) atoms. The minimum absolute atomic E-state index is 0.170. The molecule has 0 bridgehead atoms.